The first-order valence-electron chi connectivity index (χ1n) is 10.2. The molecule has 1 unspecified atom stereocenters. The standard InChI is InChI=1S/C25H23FN4O/c1-17(7-8-18-5-3-2-4-6-18)24-29-23(20-13-15-28-16-14-20)22(25(31)30(24)27)19-9-11-21(26)12-10-19/h2-6,9-17H,7-8,27H2,1H3. The summed E-state index contributed by atoms with van der Waals surface area (Å²) in [6.07, 6.45) is 4.94. The third-order valence-electron chi connectivity index (χ3n) is 5.38. The third kappa shape index (κ3) is 4.38. The van der Waals surface area contributed by atoms with Gasteiger partial charge in [0, 0.05) is 23.9 Å². The summed E-state index contributed by atoms with van der Waals surface area (Å²) in [7, 11) is 0. The van der Waals surface area contributed by atoms with Crippen LogP contribution in [0.25, 0.3) is 22.4 Å². The zero-order valence-corrected chi connectivity index (χ0v) is 17.2. The molecule has 31 heavy (non-hydrogen) atoms. The smallest absolute Gasteiger partial charge is 0.280 e. The topological polar surface area (TPSA) is 73.8 Å². The van der Waals surface area contributed by atoms with Crippen molar-refractivity contribution < 1.29 is 4.39 Å². The second-order valence-corrected chi connectivity index (χ2v) is 7.54. The molecule has 0 amide bonds. The van der Waals surface area contributed by atoms with E-state index in [1.807, 2.05) is 25.1 Å². The summed E-state index contributed by atoms with van der Waals surface area (Å²) >= 11 is 0. The van der Waals surface area contributed by atoms with Gasteiger partial charge in [-0.1, -0.05) is 49.4 Å². The van der Waals surface area contributed by atoms with Crippen molar-refractivity contribution in [2.24, 2.45) is 0 Å². The summed E-state index contributed by atoms with van der Waals surface area (Å²) < 4.78 is 14.6. The summed E-state index contributed by atoms with van der Waals surface area (Å²) in [6.45, 7) is 2.02. The molecule has 6 heteroatoms. The molecule has 0 saturated heterocycles. The van der Waals surface area contributed by atoms with Crippen LogP contribution in [-0.4, -0.2) is 14.6 Å². The van der Waals surface area contributed by atoms with E-state index < -0.39 is 0 Å². The number of pyridine rings is 1. The van der Waals surface area contributed by atoms with Crippen molar-refractivity contribution in [1.29, 1.82) is 0 Å². The zero-order chi connectivity index (χ0) is 21.8. The van der Waals surface area contributed by atoms with Crippen LogP contribution < -0.4 is 11.4 Å². The second kappa shape index (κ2) is 8.92. The van der Waals surface area contributed by atoms with Gasteiger partial charge in [-0.3, -0.25) is 9.78 Å². The van der Waals surface area contributed by atoms with Crippen LogP contribution >= 0.6 is 0 Å². The highest BCUT2D eigenvalue weighted by atomic mass is 19.1. The number of rotatable bonds is 6. The van der Waals surface area contributed by atoms with Crippen LogP contribution in [0.1, 0.15) is 30.7 Å². The molecule has 0 radical (unpaired) electrons. The van der Waals surface area contributed by atoms with E-state index in [4.69, 9.17) is 10.8 Å². The van der Waals surface area contributed by atoms with Crippen LogP contribution in [0.5, 0.6) is 0 Å². The maximum absolute atomic E-state index is 13.5. The largest absolute Gasteiger partial charge is 0.335 e. The summed E-state index contributed by atoms with van der Waals surface area (Å²) in [5, 5.41) is 0. The number of aryl methyl sites for hydroxylation is 1. The van der Waals surface area contributed by atoms with Crippen molar-refractivity contribution >= 4 is 0 Å². The molecule has 2 aromatic heterocycles. The lowest BCUT2D eigenvalue weighted by molar-refractivity contribution is 0.603. The maximum atomic E-state index is 13.5. The normalized spacial score (nSPS) is 11.9. The van der Waals surface area contributed by atoms with Crippen LogP contribution in [0.2, 0.25) is 0 Å². The molecule has 0 fully saturated rings. The Kier molecular flexibility index (Phi) is 5.89. The van der Waals surface area contributed by atoms with Crippen LogP contribution in [-0.2, 0) is 6.42 Å². The van der Waals surface area contributed by atoms with Gasteiger partial charge in [0.1, 0.15) is 11.6 Å². The summed E-state index contributed by atoms with van der Waals surface area (Å²) in [4.78, 5) is 22.2. The highest BCUT2D eigenvalue weighted by molar-refractivity contribution is 5.80. The quantitative estimate of drug-likeness (QED) is 0.469. The van der Waals surface area contributed by atoms with E-state index >= 15 is 0 Å². The van der Waals surface area contributed by atoms with Gasteiger partial charge in [0.2, 0.25) is 0 Å². The molecule has 0 spiro atoms. The van der Waals surface area contributed by atoms with E-state index in [1.54, 1.807) is 36.7 Å². The molecule has 2 heterocycles. The fourth-order valence-corrected chi connectivity index (χ4v) is 3.65. The molecule has 2 N–H and O–H groups in total. The van der Waals surface area contributed by atoms with E-state index in [9.17, 15) is 9.18 Å². The van der Waals surface area contributed by atoms with Crippen molar-refractivity contribution in [2.75, 3.05) is 5.84 Å². The Morgan fingerprint density at radius 3 is 2.32 bits per heavy atom. The Morgan fingerprint density at radius 1 is 0.968 bits per heavy atom. The number of nitrogens with zero attached hydrogens (tertiary/aromatic N) is 3. The van der Waals surface area contributed by atoms with Gasteiger partial charge in [0.05, 0.1) is 11.3 Å². The van der Waals surface area contributed by atoms with Crippen LogP contribution in [0.4, 0.5) is 4.39 Å². The third-order valence-corrected chi connectivity index (χ3v) is 5.38. The molecule has 2 aromatic carbocycles. The minimum atomic E-state index is -0.374. The molecular weight excluding hydrogens is 391 g/mol. The van der Waals surface area contributed by atoms with Gasteiger partial charge in [-0.05, 0) is 48.2 Å². The monoisotopic (exact) mass is 414 g/mol. The predicted molar refractivity (Wildman–Crippen MR) is 120 cm³/mol. The highest BCUT2D eigenvalue weighted by Gasteiger charge is 2.21. The predicted octanol–water partition coefficient (Wildman–Crippen LogP) is 4.56. The molecule has 0 bridgehead atoms. The summed E-state index contributed by atoms with van der Waals surface area (Å²) in [5.74, 6) is 6.32. The van der Waals surface area contributed by atoms with Crippen molar-refractivity contribution in [2.45, 2.75) is 25.7 Å². The molecule has 4 rings (SSSR count). The van der Waals surface area contributed by atoms with E-state index in [-0.39, 0.29) is 17.3 Å². The van der Waals surface area contributed by atoms with Gasteiger partial charge in [0.25, 0.3) is 5.56 Å². The maximum Gasteiger partial charge on any atom is 0.280 e. The SMILES string of the molecule is CC(CCc1ccccc1)c1nc(-c2ccncc2)c(-c2ccc(F)cc2)c(=O)n1N. The zero-order valence-electron chi connectivity index (χ0n) is 17.2. The summed E-state index contributed by atoms with van der Waals surface area (Å²) in [6, 6.07) is 19.5. The number of nitrogen functional groups attached to an aromatic ring is 1. The van der Waals surface area contributed by atoms with Gasteiger partial charge >= 0.3 is 0 Å². The van der Waals surface area contributed by atoms with Crippen LogP contribution in [0, 0.1) is 5.82 Å². The number of nitrogens with two attached hydrogens (primary N) is 1. The summed E-state index contributed by atoms with van der Waals surface area (Å²) in [5.41, 5.74) is 3.03. The Bertz CT molecular complexity index is 1220. The molecular formula is C25H23FN4O. The molecule has 5 nitrogen and oxygen atoms in total. The van der Waals surface area contributed by atoms with Gasteiger partial charge in [-0.25, -0.2) is 14.1 Å². The average Bonchev–Trinajstić information content (AvgIpc) is 2.81. The Balaban J connectivity index is 1.80. The molecule has 0 saturated carbocycles. The lowest BCUT2D eigenvalue weighted by atomic mass is 9.98. The number of halogens is 1. The highest BCUT2D eigenvalue weighted by Crippen LogP contribution is 2.29. The Morgan fingerprint density at radius 2 is 1.65 bits per heavy atom. The van der Waals surface area contributed by atoms with Gasteiger partial charge in [-0.2, -0.15) is 0 Å². The van der Waals surface area contributed by atoms with Gasteiger partial charge < -0.3 is 5.84 Å². The molecule has 0 aliphatic rings. The first-order chi connectivity index (χ1) is 15.0. The van der Waals surface area contributed by atoms with E-state index in [2.05, 4.69) is 17.1 Å². The Labute approximate surface area is 180 Å². The second-order valence-electron chi connectivity index (χ2n) is 7.54. The molecule has 0 aliphatic carbocycles. The Hall–Kier alpha value is -3.80. The fourth-order valence-electron chi connectivity index (χ4n) is 3.65. The van der Waals surface area contributed by atoms with Crippen molar-refractivity contribution in [1.82, 2.24) is 14.6 Å². The van der Waals surface area contributed by atoms with Crippen molar-refractivity contribution in [3.05, 3.63) is 107 Å². The fraction of sp³-hybridized carbons (Fsp3) is 0.160. The minimum absolute atomic E-state index is 0.0410. The number of benzene rings is 2. The average molecular weight is 414 g/mol. The van der Waals surface area contributed by atoms with Crippen LogP contribution in [0.15, 0.2) is 83.9 Å². The number of hydrogen-bond acceptors (Lipinski definition) is 4. The van der Waals surface area contributed by atoms with E-state index in [0.29, 0.717) is 22.6 Å². The first kappa shape index (κ1) is 20.5. The van der Waals surface area contributed by atoms with Crippen molar-refractivity contribution in [3.8, 4) is 22.4 Å². The molecule has 1 atom stereocenters. The molecule has 156 valence electrons. The lowest BCUT2D eigenvalue weighted by Gasteiger charge is -2.18. The molecule has 0 aliphatic heterocycles. The van der Waals surface area contributed by atoms with Gasteiger partial charge in [-0.15, -0.1) is 0 Å². The lowest BCUT2D eigenvalue weighted by Crippen LogP contribution is -2.34. The van der Waals surface area contributed by atoms with E-state index in [1.165, 1.54) is 17.7 Å². The van der Waals surface area contributed by atoms with Crippen molar-refractivity contribution in [3.63, 3.8) is 0 Å². The van der Waals surface area contributed by atoms with E-state index in [0.717, 1.165) is 23.1 Å². The molecule has 4 aromatic rings. The number of aromatic nitrogens is 3. The minimum Gasteiger partial charge on any atom is -0.335 e. The van der Waals surface area contributed by atoms with Gasteiger partial charge in [0.15, 0.2) is 0 Å². The number of hydrogen-bond donors (Lipinski definition) is 1. The first-order valence-corrected chi connectivity index (χ1v) is 10.2. The van der Waals surface area contributed by atoms with Crippen LogP contribution in [0.3, 0.4) is 0 Å².